The van der Waals surface area contributed by atoms with E-state index in [0.29, 0.717) is 6.04 Å². The van der Waals surface area contributed by atoms with Gasteiger partial charge in [-0.1, -0.05) is 11.8 Å². The molecule has 1 aromatic rings. The van der Waals surface area contributed by atoms with E-state index in [4.69, 9.17) is 0 Å². The van der Waals surface area contributed by atoms with Gasteiger partial charge in [0.15, 0.2) is 5.16 Å². The molecule has 0 fully saturated rings. The summed E-state index contributed by atoms with van der Waals surface area (Å²) in [5, 5.41) is 4.15. The molecule has 0 saturated carbocycles. The van der Waals surface area contributed by atoms with Crippen molar-refractivity contribution >= 4 is 11.8 Å². The number of nitrogens with one attached hydrogen (secondary N) is 1. The molecular weight excluding hydrogens is 218 g/mol. The number of hydrogen-bond donors (Lipinski definition) is 1. The van der Waals surface area contributed by atoms with Crippen molar-refractivity contribution in [1.82, 2.24) is 15.3 Å². The SMILES string of the molecule is CNC(C)CCCSc1nc(C)cc(C)n1. The topological polar surface area (TPSA) is 37.8 Å². The van der Waals surface area contributed by atoms with Gasteiger partial charge in [-0.3, -0.25) is 0 Å². The summed E-state index contributed by atoms with van der Waals surface area (Å²) in [6.45, 7) is 6.24. The van der Waals surface area contributed by atoms with Gasteiger partial charge in [-0.05, 0) is 46.7 Å². The van der Waals surface area contributed by atoms with Crippen LogP contribution in [0.15, 0.2) is 11.2 Å². The summed E-state index contributed by atoms with van der Waals surface area (Å²) in [5.41, 5.74) is 2.11. The maximum absolute atomic E-state index is 4.41. The monoisotopic (exact) mass is 239 g/mol. The van der Waals surface area contributed by atoms with Crippen LogP contribution in [0.3, 0.4) is 0 Å². The van der Waals surface area contributed by atoms with E-state index in [9.17, 15) is 0 Å². The highest BCUT2D eigenvalue weighted by Crippen LogP contribution is 2.16. The fraction of sp³-hybridized carbons (Fsp3) is 0.667. The molecule has 3 nitrogen and oxygen atoms in total. The molecule has 4 heteroatoms. The van der Waals surface area contributed by atoms with Crippen LogP contribution >= 0.6 is 11.8 Å². The Kier molecular flexibility index (Phi) is 5.77. The first kappa shape index (κ1) is 13.5. The van der Waals surface area contributed by atoms with E-state index in [-0.39, 0.29) is 0 Å². The Morgan fingerprint density at radius 2 is 1.94 bits per heavy atom. The van der Waals surface area contributed by atoms with Crippen molar-refractivity contribution < 1.29 is 0 Å². The van der Waals surface area contributed by atoms with Crippen LogP contribution in [-0.4, -0.2) is 28.8 Å². The Bertz CT molecular complexity index is 308. The van der Waals surface area contributed by atoms with Gasteiger partial charge in [-0.2, -0.15) is 0 Å². The van der Waals surface area contributed by atoms with Crippen molar-refractivity contribution in [2.45, 2.75) is 44.8 Å². The molecule has 16 heavy (non-hydrogen) atoms. The quantitative estimate of drug-likeness (QED) is 0.470. The number of rotatable bonds is 6. The van der Waals surface area contributed by atoms with Gasteiger partial charge in [0, 0.05) is 23.2 Å². The average Bonchev–Trinajstić information content (AvgIpc) is 2.22. The number of aromatic nitrogens is 2. The highest BCUT2D eigenvalue weighted by atomic mass is 32.2. The molecule has 0 bridgehead atoms. The normalized spacial score (nSPS) is 12.8. The smallest absolute Gasteiger partial charge is 0.187 e. The van der Waals surface area contributed by atoms with Crippen molar-refractivity contribution in [2.75, 3.05) is 12.8 Å². The van der Waals surface area contributed by atoms with Crippen LogP contribution in [0.25, 0.3) is 0 Å². The fourth-order valence-corrected chi connectivity index (χ4v) is 2.37. The molecule has 1 aromatic heterocycles. The predicted octanol–water partition coefficient (Wildman–Crippen LogP) is 2.57. The Labute approximate surface area is 102 Å². The molecule has 1 heterocycles. The van der Waals surface area contributed by atoms with Crippen LogP contribution < -0.4 is 5.32 Å². The van der Waals surface area contributed by atoms with E-state index in [2.05, 4.69) is 22.2 Å². The lowest BCUT2D eigenvalue weighted by atomic mass is 10.2. The van der Waals surface area contributed by atoms with Gasteiger partial charge in [0.2, 0.25) is 0 Å². The van der Waals surface area contributed by atoms with Gasteiger partial charge in [-0.25, -0.2) is 9.97 Å². The number of aryl methyl sites for hydroxylation is 2. The largest absolute Gasteiger partial charge is 0.317 e. The van der Waals surface area contributed by atoms with Crippen molar-refractivity contribution in [2.24, 2.45) is 0 Å². The highest BCUT2D eigenvalue weighted by Gasteiger charge is 2.02. The molecule has 0 aromatic carbocycles. The van der Waals surface area contributed by atoms with Crippen molar-refractivity contribution in [1.29, 1.82) is 0 Å². The molecule has 0 spiro atoms. The van der Waals surface area contributed by atoms with E-state index in [1.807, 2.05) is 27.0 Å². The Hall–Kier alpha value is -0.610. The van der Waals surface area contributed by atoms with Gasteiger partial charge >= 0.3 is 0 Å². The summed E-state index contributed by atoms with van der Waals surface area (Å²) in [5.74, 6) is 1.09. The second-order valence-electron chi connectivity index (χ2n) is 4.11. The van der Waals surface area contributed by atoms with Crippen LogP contribution in [0.4, 0.5) is 0 Å². The Morgan fingerprint density at radius 3 is 2.50 bits per heavy atom. The minimum absolute atomic E-state index is 0.598. The summed E-state index contributed by atoms with van der Waals surface area (Å²) >= 11 is 1.75. The minimum Gasteiger partial charge on any atom is -0.317 e. The van der Waals surface area contributed by atoms with E-state index in [0.717, 1.165) is 22.3 Å². The van der Waals surface area contributed by atoms with Gasteiger partial charge in [0.1, 0.15) is 0 Å². The zero-order valence-electron chi connectivity index (χ0n) is 10.6. The summed E-state index contributed by atoms with van der Waals surface area (Å²) in [4.78, 5) is 8.81. The second-order valence-corrected chi connectivity index (χ2v) is 5.18. The third kappa shape index (κ3) is 4.94. The van der Waals surface area contributed by atoms with E-state index in [1.54, 1.807) is 11.8 Å². The zero-order valence-corrected chi connectivity index (χ0v) is 11.4. The molecule has 0 aliphatic carbocycles. The van der Waals surface area contributed by atoms with Gasteiger partial charge < -0.3 is 5.32 Å². The van der Waals surface area contributed by atoms with E-state index >= 15 is 0 Å². The lowest BCUT2D eigenvalue weighted by molar-refractivity contribution is 0.559. The third-order valence-corrected chi connectivity index (χ3v) is 3.40. The average molecular weight is 239 g/mol. The van der Waals surface area contributed by atoms with Gasteiger partial charge in [0.25, 0.3) is 0 Å². The molecule has 0 aliphatic rings. The molecule has 0 amide bonds. The number of nitrogens with zero attached hydrogens (tertiary/aromatic N) is 2. The van der Waals surface area contributed by atoms with Crippen LogP contribution in [0, 0.1) is 13.8 Å². The van der Waals surface area contributed by atoms with E-state index in [1.165, 1.54) is 12.8 Å². The third-order valence-electron chi connectivity index (χ3n) is 2.47. The van der Waals surface area contributed by atoms with Gasteiger partial charge in [0.05, 0.1) is 0 Å². The maximum Gasteiger partial charge on any atom is 0.187 e. The summed E-state index contributed by atoms with van der Waals surface area (Å²) in [6.07, 6.45) is 2.40. The Morgan fingerprint density at radius 1 is 1.31 bits per heavy atom. The minimum atomic E-state index is 0.598. The molecule has 90 valence electrons. The Balaban J connectivity index is 2.32. The summed E-state index contributed by atoms with van der Waals surface area (Å²) < 4.78 is 0. The van der Waals surface area contributed by atoms with Crippen molar-refractivity contribution in [3.63, 3.8) is 0 Å². The highest BCUT2D eigenvalue weighted by molar-refractivity contribution is 7.99. The van der Waals surface area contributed by atoms with Crippen LogP contribution in [0.1, 0.15) is 31.2 Å². The van der Waals surface area contributed by atoms with Crippen LogP contribution in [-0.2, 0) is 0 Å². The molecule has 0 radical (unpaired) electrons. The molecule has 1 atom stereocenters. The molecule has 1 rings (SSSR count). The fourth-order valence-electron chi connectivity index (χ4n) is 1.46. The molecule has 0 saturated heterocycles. The van der Waals surface area contributed by atoms with E-state index < -0.39 is 0 Å². The summed E-state index contributed by atoms with van der Waals surface area (Å²) in [6, 6.07) is 2.61. The predicted molar refractivity (Wildman–Crippen MR) is 70.0 cm³/mol. The van der Waals surface area contributed by atoms with Gasteiger partial charge in [-0.15, -0.1) is 0 Å². The molecule has 1 unspecified atom stereocenters. The zero-order chi connectivity index (χ0) is 12.0. The van der Waals surface area contributed by atoms with Crippen molar-refractivity contribution in [3.8, 4) is 0 Å². The van der Waals surface area contributed by atoms with Crippen LogP contribution in [0.5, 0.6) is 0 Å². The lowest BCUT2D eigenvalue weighted by Crippen LogP contribution is -2.20. The first-order valence-electron chi connectivity index (χ1n) is 5.74. The van der Waals surface area contributed by atoms with Crippen LogP contribution in [0.2, 0.25) is 0 Å². The van der Waals surface area contributed by atoms with Crippen molar-refractivity contribution in [3.05, 3.63) is 17.5 Å². The maximum atomic E-state index is 4.41. The molecular formula is C12H21N3S. The second kappa shape index (κ2) is 6.86. The first-order valence-corrected chi connectivity index (χ1v) is 6.72. The number of hydrogen-bond acceptors (Lipinski definition) is 4. The molecule has 1 N–H and O–H groups in total. The first-order chi connectivity index (χ1) is 7.61. The molecule has 0 aliphatic heterocycles. The standard InChI is InChI=1S/C12H21N3S/c1-9(13-4)6-5-7-16-12-14-10(2)8-11(3)15-12/h8-9,13H,5-7H2,1-4H3. The number of thioether (sulfide) groups is 1. The lowest BCUT2D eigenvalue weighted by Gasteiger charge is -2.08. The summed E-state index contributed by atoms with van der Waals surface area (Å²) in [7, 11) is 2.00.